The lowest BCUT2D eigenvalue weighted by atomic mass is 10.1. The summed E-state index contributed by atoms with van der Waals surface area (Å²) in [5.41, 5.74) is 5.54. The van der Waals surface area contributed by atoms with Crippen molar-refractivity contribution in [1.29, 1.82) is 0 Å². The average Bonchev–Trinajstić information content (AvgIpc) is 2.89. The molecular weight excluding hydrogens is 224 g/mol. The standard InChI is InChI=1S/C10H18N4OS/c1-14(10-13-12-9(11)16-10)6-2-4-8-5-3-7-15-8/h8H,2-7H2,1H3,(H2,11,12). The van der Waals surface area contributed by atoms with E-state index in [2.05, 4.69) is 15.1 Å². The fourth-order valence-corrected chi connectivity index (χ4v) is 2.50. The summed E-state index contributed by atoms with van der Waals surface area (Å²) in [6.07, 6.45) is 5.18. The van der Waals surface area contributed by atoms with Gasteiger partial charge in [-0.05, 0) is 25.7 Å². The van der Waals surface area contributed by atoms with Gasteiger partial charge >= 0.3 is 0 Å². The van der Waals surface area contributed by atoms with E-state index in [1.165, 1.54) is 24.2 Å². The quantitative estimate of drug-likeness (QED) is 0.848. The van der Waals surface area contributed by atoms with Crippen LogP contribution in [-0.2, 0) is 4.74 Å². The van der Waals surface area contributed by atoms with Gasteiger partial charge in [0.15, 0.2) is 0 Å². The van der Waals surface area contributed by atoms with Gasteiger partial charge in [0.05, 0.1) is 6.10 Å². The molecule has 0 aliphatic carbocycles. The van der Waals surface area contributed by atoms with Crippen LogP contribution in [0.1, 0.15) is 25.7 Å². The molecule has 6 heteroatoms. The molecule has 0 aromatic carbocycles. The Balaban J connectivity index is 1.69. The lowest BCUT2D eigenvalue weighted by molar-refractivity contribution is 0.103. The molecule has 1 fully saturated rings. The van der Waals surface area contributed by atoms with E-state index in [1.807, 2.05) is 7.05 Å². The van der Waals surface area contributed by atoms with Gasteiger partial charge in [-0.1, -0.05) is 11.3 Å². The summed E-state index contributed by atoms with van der Waals surface area (Å²) in [6.45, 7) is 1.92. The van der Waals surface area contributed by atoms with E-state index < -0.39 is 0 Å². The molecular formula is C10H18N4OS. The number of nitrogens with zero attached hydrogens (tertiary/aromatic N) is 3. The summed E-state index contributed by atoms with van der Waals surface area (Å²) in [5.74, 6) is 0. The Hall–Kier alpha value is -0.880. The van der Waals surface area contributed by atoms with Gasteiger partial charge in [0.25, 0.3) is 0 Å². The second-order valence-corrected chi connectivity index (χ2v) is 5.11. The number of ether oxygens (including phenoxy) is 1. The molecule has 1 aromatic heterocycles. The molecule has 1 aliphatic rings. The molecule has 2 rings (SSSR count). The van der Waals surface area contributed by atoms with Crippen molar-refractivity contribution < 1.29 is 4.74 Å². The number of aromatic nitrogens is 2. The summed E-state index contributed by atoms with van der Waals surface area (Å²) in [7, 11) is 2.02. The zero-order chi connectivity index (χ0) is 11.4. The van der Waals surface area contributed by atoms with Crippen molar-refractivity contribution in [1.82, 2.24) is 10.2 Å². The monoisotopic (exact) mass is 242 g/mol. The van der Waals surface area contributed by atoms with E-state index in [4.69, 9.17) is 10.5 Å². The van der Waals surface area contributed by atoms with E-state index >= 15 is 0 Å². The van der Waals surface area contributed by atoms with Crippen molar-refractivity contribution in [2.45, 2.75) is 31.8 Å². The van der Waals surface area contributed by atoms with Crippen molar-refractivity contribution in [3.63, 3.8) is 0 Å². The lowest BCUT2D eigenvalue weighted by Gasteiger charge is -2.16. The molecule has 0 saturated carbocycles. The first-order valence-electron chi connectivity index (χ1n) is 5.67. The van der Waals surface area contributed by atoms with Crippen LogP contribution in [0.5, 0.6) is 0 Å². The smallest absolute Gasteiger partial charge is 0.209 e. The normalized spacial score (nSPS) is 20.2. The van der Waals surface area contributed by atoms with Crippen molar-refractivity contribution in [2.24, 2.45) is 0 Å². The van der Waals surface area contributed by atoms with Crippen LogP contribution in [0.3, 0.4) is 0 Å². The van der Waals surface area contributed by atoms with E-state index in [9.17, 15) is 0 Å². The Morgan fingerprint density at radius 1 is 1.56 bits per heavy atom. The third-order valence-corrected chi connectivity index (χ3v) is 3.67. The Morgan fingerprint density at radius 2 is 2.44 bits per heavy atom. The molecule has 2 heterocycles. The molecule has 2 N–H and O–H groups in total. The fourth-order valence-electron chi connectivity index (χ4n) is 1.90. The summed E-state index contributed by atoms with van der Waals surface area (Å²) in [6, 6.07) is 0. The highest BCUT2D eigenvalue weighted by molar-refractivity contribution is 7.18. The highest BCUT2D eigenvalue weighted by atomic mass is 32.1. The van der Waals surface area contributed by atoms with Gasteiger partial charge in [0, 0.05) is 20.2 Å². The van der Waals surface area contributed by atoms with Crippen molar-refractivity contribution in [3.8, 4) is 0 Å². The third kappa shape index (κ3) is 3.05. The van der Waals surface area contributed by atoms with Gasteiger partial charge in [-0.2, -0.15) is 0 Å². The molecule has 1 aromatic rings. The lowest BCUT2D eigenvalue weighted by Crippen LogP contribution is -2.19. The zero-order valence-corrected chi connectivity index (χ0v) is 10.4. The van der Waals surface area contributed by atoms with Gasteiger partial charge in [-0.15, -0.1) is 10.2 Å². The summed E-state index contributed by atoms with van der Waals surface area (Å²) < 4.78 is 5.58. The van der Waals surface area contributed by atoms with Gasteiger partial charge in [-0.3, -0.25) is 0 Å². The molecule has 0 spiro atoms. The second-order valence-electron chi connectivity index (χ2n) is 4.12. The molecule has 0 amide bonds. The van der Waals surface area contributed by atoms with Gasteiger partial charge in [-0.25, -0.2) is 0 Å². The molecule has 1 aliphatic heterocycles. The number of nitrogens with two attached hydrogens (primary N) is 1. The van der Waals surface area contributed by atoms with Crippen molar-refractivity contribution >= 4 is 21.6 Å². The number of nitrogen functional groups attached to an aromatic ring is 1. The Kier molecular flexibility index (Phi) is 3.95. The third-order valence-electron chi connectivity index (χ3n) is 2.80. The number of hydrogen-bond acceptors (Lipinski definition) is 6. The first kappa shape index (κ1) is 11.6. The molecule has 0 radical (unpaired) electrons. The molecule has 5 nitrogen and oxygen atoms in total. The number of anilines is 2. The first-order chi connectivity index (χ1) is 7.75. The summed E-state index contributed by atoms with van der Waals surface area (Å²) in [4.78, 5) is 2.10. The fraction of sp³-hybridized carbons (Fsp3) is 0.800. The maximum atomic E-state index is 5.58. The summed E-state index contributed by atoms with van der Waals surface area (Å²) >= 11 is 1.43. The molecule has 1 saturated heterocycles. The maximum absolute atomic E-state index is 5.58. The van der Waals surface area contributed by atoms with E-state index in [1.54, 1.807) is 0 Å². The minimum atomic E-state index is 0.480. The molecule has 0 bridgehead atoms. The minimum Gasteiger partial charge on any atom is -0.378 e. The van der Waals surface area contributed by atoms with Gasteiger partial charge in [0.2, 0.25) is 10.3 Å². The second kappa shape index (κ2) is 5.45. The number of hydrogen-bond donors (Lipinski definition) is 1. The van der Waals surface area contributed by atoms with Crippen molar-refractivity contribution in [2.75, 3.05) is 30.8 Å². The topological polar surface area (TPSA) is 64.3 Å². The van der Waals surface area contributed by atoms with Crippen LogP contribution in [0.15, 0.2) is 0 Å². The van der Waals surface area contributed by atoms with Gasteiger partial charge < -0.3 is 15.4 Å². The van der Waals surface area contributed by atoms with Crippen LogP contribution >= 0.6 is 11.3 Å². The predicted molar refractivity (Wildman–Crippen MR) is 65.8 cm³/mol. The van der Waals surface area contributed by atoms with Crippen molar-refractivity contribution in [3.05, 3.63) is 0 Å². The summed E-state index contributed by atoms with van der Waals surface area (Å²) in [5, 5.41) is 9.23. The Labute approximate surface area is 99.6 Å². The largest absolute Gasteiger partial charge is 0.378 e. The predicted octanol–water partition coefficient (Wildman–Crippen LogP) is 1.52. The van der Waals surface area contributed by atoms with Crippen LogP contribution < -0.4 is 10.6 Å². The molecule has 1 atom stereocenters. The van der Waals surface area contributed by atoms with Crippen LogP contribution in [0.4, 0.5) is 10.3 Å². The highest BCUT2D eigenvalue weighted by Gasteiger charge is 2.15. The molecule has 90 valence electrons. The minimum absolute atomic E-state index is 0.480. The average molecular weight is 242 g/mol. The van der Waals surface area contributed by atoms with Crippen LogP contribution in [-0.4, -0.2) is 36.5 Å². The van der Waals surface area contributed by atoms with Crippen LogP contribution in [0.2, 0.25) is 0 Å². The SMILES string of the molecule is CN(CCCC1CCCO1)c1nnc(N)s1. The number of rotatable bonds is 5. The maximum Gasteiger partial charge on any atom is 0.209 e. The van der Waals surface area contributed by atoms with E-state index in [0.717, 1.165) is 31.1 Å². The molecule has 1 unspecified atom stereocenters. The van der Waals surface area contributed by atoms with E-state index in [-0.39, 0.29) is 0 Å². The van der Waals surface area contributed by atoms with E-state index in [0.29, 0.717) is 11.2 Å². The Bertz CT molecular complexity index is 324. The van der Waals surface area contributed by atoms with Crippen LogP contribution in [0, 0.1) is 0 Å². The van der Waals surface area contributed by atoms with Crippen LogP contribution in [0.25, 0.3) is 0 Å². The Morgan fingerprint density at radius 3 is 3.06 bits per heavy atom. The zero-order valence-electron chi connectivity index (χ0n) is 9.56. The molecule has 16 heavy (non-hydrogen) atoms. The van der Waals surface area contributed by atoms with Gasteiger partial charge in [0.1, 0.15) is 0 Å². The first-order valence-corrected chi connectivity index (χ1v) is 6.49. The highest BCUT2D eigenvalue weighted by Crippen LogP contribution is 2.21.